The van der Waals surface area contributed by atoms with E-state index in [4.69, 9.17) is 16.3 Å². The lowest BCUT2D eigenvalue weighted by atomic mass is 10.0. The first-order chi connectivity index (χ1) is 7.27. The molecular weight excluding hydrogens is 214 g/mol. The molecule has 1 aliphatic heterocycles. The largest absolute Gasteiger partial charge is 0.501 e. The van der Waals surface area contributed by atoms with Gasteiger partial charge in [0, 0.05) is 17.3 Å². The van der Waals surface area contributed by atoms with Crippen LogP contribution in [0, 0.1) is 0 Å². The number of halogens is 1. The molecule has 78 valence electrons. The van der Waals surface area contributed by atoms with Crippen molar-refractivity contribution in [3.05, 3.63) is 40.9 Å². The lowest BCUT2D eigenvalue weighted by molar-refractivity contribution is 0.101. The Morgan fingerprint density at radius 1 is 1.53 bits per heavy atom. The van der Waals surface area contributed by atoms with Gasteiger partial charge in [-0.05, 0) is 25.0 Å². The molecule has 1 aliphatic rings. The van der Waals surface area contributed by atoms with Crippen LogP contribution in [0.3, 0.4) is 0 Å². The van der Waals surface area contributed by atoms with Gasteiger partial charge in [0.25, 0.3) is 0 Å². The van der Waals surface area contributed by atoms with Crippen LogP contribution in [0.5, 0.6) is 0 Å². The van der Waals surface area contributed by atoms with E-state index in [1.807, 2.05) is 0 Å². The molecule has 4 heteroatoms. The minimum Gasteiger partial charge on any atom is -0.501 e. The number of ether oxygens (including phenoxy) is 1. The van der Waals surface area contributed by atoms with Crippen molar-refractivity contribution in [3.8, 4) is 0 Å². The van der Waals surface area contributed by atoms with Crippen molar-refractivity contribution >= 4 is 17.4 Å². The van der Waals surface area contributed by atoms with Gasteiger partial charge >= 0.3 is 0 Å². The first-order valence-corrected chi connectivity index (χ1v) is 5.12. The molecule has 0 bridgehead atoms. The van der Waals surface area contributed by atoms with Crippen LogP contribution in [-0.2, 0) is 4.74 Å². The Labute approximate surface area is 92.7 Å². The van der Waals surface area contributed by atoms with Gasteiger partial charge in [0.05, 0.1) is 12.9 Å². The topological polar surface area (TPSA) is 39.2 Å². The Balaban J connectivity index is 2.24. The van der Waals surface area contributed by atoms with Gasteiger partial charge < -0.3 is 4.74 Å². The van der Waals surface area contributed by atoms with Crippen molar-refractivity contribution in [1.29, 1.82) is 0 Å². The Morgan fingerprint density at radius 3 is 3.07 bits per heavy atom. The number of allylic oxidation sites excluding steroid dienone is 1. The van der Waals surface area contributed by atoms with Crippen molar-refractivity contribution in [1.82, 2.24) is 4.98 Å². The summed E-state index contributed by atoms with van der Waals surface area (Å²) >= 11 is 5.71. The fraction of sp³-hybridized carbons (Fsp3) is 0.273. The minimum atomic E-state index is -0.0287. The number of ketones is 1. The average molecular weight is 224 g/mol. The lowest BCUT2D eigenvalue weighted by Gasteiger charge is -2.12. The van der Waals surface area contributed by atoms with Crippen molar-refractivity contribution in [3.63, 3.8) is 0 Å². The zero-order valence-electron chi connectivity index (χ0n) is 8.07. The fourth-order valence-corrected chi connectivity index (χ4v) is 1.63. The Kier molecular flexibility index (Phi) is 3.02. The summed E-state index contributed by atoms with van der Waals surface area (Å²) in [5.74, 6) is -0.0287. The van der Waals surface area contributed by atoms with Crippen LogP contribution in [0.1, 0.15) is 23.2 Å². The van der Waals surface area contributed by atoms with E-state index in [0.29, 0.717) is 22.9 Å². The Hall–Kier alpha value is -1.35. The number of hydrogen-bond acceptors (Lipinski definition) is 3. The number of nitrogens with zero attached hydrogens (tertiary/aromatic N) is 1. The average Bonchev–Trinajstić information content (AvgIpc) is 2.29. The van der Waals surface area contributed by atoms with Crippen molar-refractivity contribution in [2.75, 3.05) is 6.61 Å². The molecule has 0 radical (unpaired) electrons. The first kappa shape index (κ1) is 10.2. The number of rotatable bonds is 2. The van der Waals surface area contributed by atoms with Gasteiger partial charge in [0.1, 0.15) is 5.15 Å². The summed E-state index contributed by atoms with van der Waals surface area (Å²) in [4.78, 5) is 15.7. The molecule has 2 heterocycles. The summed E-state index contributed by atoms with van der Waals surface area (Å²) in [6.07, 6.45) is 4.72. The van der Waals surface area contributed by atoms with E-state index in [1.54, 1.807) is 18.4 Å². The third-order valence-corrected chi connectivity index (χ3v) is 2.42. The maximum absolute atomic E-state index is 11.9. The third kappa shape index (κ3) is 2.36. The molecule has 0 aromatic carbocycles. The highest BCUT2D eigenvalue weighted by atomic mass is 35.5. The highest BCUT2D eigenvalue weighted by Crippen LogP contribution is 2.18. The summed E-state index contributed by atoms with van der Waals surface area (Å²) in [6, 6.07) is 3.23. The molecule has 0 fully saturated rings. The number of pyridine rings is 1. The second-order valence-corrected chi connectivity index (χ2v) is 3.70. The molecule has 0 saturated carbocycles. The van der Waals surface area contributed by atoms with Crippen molar-refractivity contribution < 1.29 is 9.53 Å². The third-order valence-electron chi connectivity index (χ3n) is 2.21. The predicted molar refractivity (Wildman–Crippen MR) is 56.8 cm³/mol. The van der Waals surface area contributed by atoms with Crippen LogP contribution < -0.4 is 0 Å². The Morgan fingerprint density at radius 2 is 2.40 bits per heavy atom. The van der Waals surface area contributed by atoms with E-state index in [1.165, 1.54) is 6.20 Å². The molecular formula is C11H10ClNO2. The van der Waals surface area contributed by atoms with Gasteiger partial charge in [-0.15, -0.1) is 0 Å². The minimum absolute atomic E-state index is 0.0287. The zero-order valence-corrected chi connectivity index (χ0v) is 8.83. The molecule has 1 aromatic rings. The summed E-state index contributed by atoms with van der Waals surface area (Å²) in [7, 11) is 0. The van der Waals surface area contributed by atoms with Crippen LogP contribution in [0.15, 0.2) is 30.2 Å². The van der Waals surface area contributed by atoms with Gasteiger partial charge in [-0.25, -0.2) is 4.98 Å². The highest BCUT2D eigenvalue weighted by molar-refractivity contribution is 6.29. The molecule has 0 spiro atoms. The smallest absolute Gasteiger partial charge is 0.192 e. The van der Waals surface area contributed by atoms with E-state index < -0.39 is 0 Å². The predicted octanol–water partition coefficient (Wildman–Crippen LogP) is 2.61. The molecule has 0 N–H and O–H groups in total. The van der Waals surface area contributed by atoms with Crippen LogP contribution in [0.25, 0.3) is 0 Å². The molecule has 0 amide bonds. The second-order valence-electron chi connectivity index (χ2n) is 3.31. The zero-order chi connectivity index (χ0) is 10.7. The quantitative estimate of drug-likeness (QED) is 0.572. The number of Topliss-reactive ketones (excluding diaryl/α,β-unsaturated/α-hetero) is 1. The lowest BCUT2D eigenvalue weighted by Crippen LogP contribution is -2.09. The van der Waals surface area contributed by atoms with Crippen LogP contribution in [0.4, 0.5) is 0 Å². The highest BCUT2D eigenvalue weighted by Gasteiger charge is 2.15. The molecule has 0 unspecified atom stereocenters. The van der Waals surface area contributed by atoms with Crippen LogP contribution in [0.2, 0.25) is 5.15 Å². The first-order valence-electron chi connectivity index (χ1n) is 4.74. The van der Waals surface area contributed by atoms with E-state index in [2.05, 4.69) is 4.98 Å². The van der Waals surface area contributed by atoms with Crippen molar-refractivity contribution in [2.45, 2.75) is 12.8 Å². The van der Waals surface area contributed by atoms with E-state index in [0.717, 1.165) is 12.8 Å². The van der Waals surface area contributed by atoms with Crippen LogP contribution >= 0.6 is 11.6 Å². The van der Waals surface area contributed by atoms with Crippen molar-refractivity contribution in [2.24, 2.45) is 0 Å². The van der Waals surface area contributed by atoms with Gasteiger partial charge in [-0.2, -0.15) is 0 Å². The number of carbonyl (C=O) groups excluding carboxylic acids is 1. The van der Waals surface area contributed by atoms with E-state index in [9.17, 15) is 4.79 Å². The van der Waals surface area contributed by atoms with Gasteiger partial charge in [0.2, 0.25) is 0 Å². The molecule has 2 rings (SSSR count). The maximum atomic E-state index is 11.9. The fourth-order valence-electron chi connectivity index (χ4n) is 1.46. The molecule has 1 aromatic heterocycles. The molecule has 3 nitrogen and oxygen atoms in total. The van der Waals surface area contributed by atoms with E-state index in [-0.39, 0.29) is 5.78 Å². The normalized spacial score (nSPS) is 15.4. The molecule has 15 heavy (non-hydrogen) atoms. The second kappa shape index (κ2) is 4.45. The standard InChI is InChI=1S/C11H10ClNO2/c12-10-6-8(3-4-13-10)11(14)9-2-1-5-15-7-9/h3-4,6-7H,1-2,5H2. The summed E-state index contributed by atoms with van der Waals surface area (Å²) in [6.45, 7) is 0.688. The molecule has 0 saturated heterocycles. The van der Waals surface area contributed by atoms with Gasteiger partial charge in [-0.1, -0.05) is 11.6 Å². The summed E-state index contributed by atoms with van der Waals surface area (Å²) in [5, 5.41) is 0.332. The SMILES string of the molecule is O=C(C1=COCCC1)c1ccnc(Cl)c1. The summed E-state index contributed by atoms with van der Waals surface area (Å²) < 4.78 is 5.12. The van der Waals surface area contributed by atoms with Gasteiger partial charge in [0.15, 0.2) is 5.78 Å². The van der Waals surface area contributed by atoms with Crippen LogP contribution in [-0.4, -0.2) is 17.4 Å². The van der Waals surface area contributed by atoms with Gasteiger partial charge in [-0.3, -0.25) is 4.79 Å². The number of carbonyl (C=O) groups is 1. The van der Waals surface area contributed by atoms with E-state index >= 15 is 0 Å². The molecule has 0 atom stereocenters. The monoisotopic (exact) mass is 223 g/mol. The maximum Gasteiger partial charge on any atom is 0.192 e. The number of aromatic nitrogens is 1. The Bertz CT molecular complexity index is 415. The summed E-state index contributed by atoms with van der Waals surface area (Å²) in [5.41, 5.74) is 1.26. The number of hydrogen-bond donors (Lipinski definition) is 0. The molecule has 0 aliphatic carbocycles.